The molecule has 0 aromatic heterocycles. The van der Waals surface area contributed by atoms with E-state index in [0.717, 1.165) is 6.07 Å². The van der Waals surface area contributed by atoms with Crippen LogP contribution in [0.5, 0.6) is 11.5 Å². The van der Waals surface area contributed by atoms with Gasteiger partial charge < -0.3 is 34.6 Å². The molecule has 1 heterocycles. The summed E-state index contributed by atoms with van der Waals surface area (Å²) in [5.41, 5.74) is -0.219. The van der Waals surface area contributed by atoms with Gasteiger partial charge in [-0.05, 0) is 6.07 Å². The Morgan fingerprint density at radius 1 is 1.22 bits per heavy atom. The molecule has 1 aromatic rings. The standard InChI is InChI=1S/C13H17NO9/c1-21-8-4-6(14(19)20)2-3-7(8)22-13-12(18)11(17)10(16)9(5-15)23-13/h2-4,9-13,15-18H,5H2,1H3/t9-,10+,11+,12-,13-/m1/s1. The highest BCUT2D eigenvalue weighted by atomic mass is 16.7. The van der Waals surface area contributed by atoms with Crippen molar-refractivity contribution in [2.45, 2.75) is 30.7 Å². The first-order valence-corrected chi connectivity index (χ1v) is 6.68. The highest BCUT2D eigenvalue weighted by molar-refractivity contribution is 5.48. The number of nitro groups is 1. The van der Waals surface area contributed by atoms with Crippen molar-refractivity contribution in [2.75, 3.05) is 13.7 Å². The molecule has 4 N–H and O–H groups in total. The lowest BCUT2D eigenvalue weighted by molar-refractivity contribution is -0.385. The summed E-state index contributed by atoms with van der Waals surface area (Å²) in [4.78, 5) is 10.1. The fourth-order valence-corrected chi connectivity index (χ4v) is 2.16. The Balaban J connectivity index is 2.22. The van der Waals surface area contributed by atoms with Crippen LogP contribution in [0, 0.1) is 10.1 Å². The van der Waals surface area contributed by atoms with Gasteiger partial charge >= 0.3 is 0 Å². The first-order valence-electron chi connectivity index (χ1n) is 6.68. The van der Waals surface area contributed by atoms with Crippen molar-refractivity contribution in [2.24, 2.45) is 0 Å². The third kappa shape index (κ3) is 3.51. The first kappa shape index (κ1) is 17.4. The number of rotatable bonds is 5. The number of hydrogen-bond acceptors (Lipinski definition) is 9. The van der Waals surface area contributed by atoms with E-state index in [1.54, 1.807) is 0 Å². The topological polar surface area (TPSA) is 152 Å². The zero-order chi connectivity index (χ0) is 17.1. The van der Waals surface area contributed by atoms with Gasteiger partial charge in [-0.15, -0.1) is 0 Å². The van der Waals surface area contributed by atoms with Crippen LogP contribution < -0.4 is 9.47 Å². The van der Waals surface area contributed by atoms with Crippen LogP contribution in [-0.4, -0.2) is 69.8 Å². The maximum atomic E-state index is 10.7. The van der Waals surface area contributed by atoms with Gasteiger partial charge in [-0.2, -0.15) is 0 Å². The predicted octanol–water partition coefficient (Wildman–Crippen LogP) is -1.22. The molecular weight excluding hydrogens is 314 g/mol. The zero-order valence-electron chi connectivity index (χ0n) is 12.1. The zero-order valence-corrected chi connectivity index (χ0v) is 12.1. The average molecular weight is 331 g/mol. The van der Waals surface area contributed by atoms with E-state index in [1.165, 1.54) is 19.2 Å². The predicted molar refractivity (Wildman–Crippen MR) is 74.0 cm³/mol. The van der Waals surface area contributed by atoms with Gasteiger partial charge in [0.1, 0.15) is 24.4 Å². The molecule has 0 bridgehead atoms. The summed E-state index contributed by atoms with van der Waals surface area (Å²) in [5.74, 6) is 0.0542. The first-order chi connectivity index (χ1) is 10.9. The summed E-state index contributed by atoms with van der Waals surface area (Å²) in [7, 11) is 1.28. The van der Waals surface area contributed by atoms with Gasteiger partial charge in [0.05, 0.1) is 24.7 Å². The van der Waals surface area contributed by atoms with Crippen LogP contribution >= 0.6 is 0 Å². The van der Waals surface area contributed by atoms with Crippen molar-refractivity contribution in [3.05, 3.63) is 28.3 Å². The van der Waals surface area contributed by atoms with Crippen molar-refractivity contribution in [1.29, 1.82) is 0 Å². The summed E-state index contributed by atoms with van der Waals surface area (Å²) in [6.45, 7) is -0.595. The molecule has 0 saturated carbocycles. The number of hydrogen-bond donors (Lipinski definition) is 4. The normalized spacial score (nSPS) is 30.7. The number of aliphatic hydroxyl groups is 4. The molecule has 1 aliphatic rings. The van der Waals surface area contributed by atoms with Crippen LogP contribution in [0.4, 0.5) is 5.69 Å². The molecule has 23 heavy (non-hydrogen) atoms. The second-order valence-corrected chi connectivity index (χ2v) is 4.91. The van der Waals surface area contributed by atoms with Crippen molar-refractivity contribution in [1.82, 2.24) is 0 Å². The van der Waals surface area contributed by atoms with Crippen LogP contribution in [0.2, 0.25) is 0 Å². The molecular formula is C13H17NO9. The van der Waals surface area contributed by atoms with Crippen molar-refractivity contribution < 1.29 is 39.6 Å². The Kier molecular flexibility index (Phi) is 5.34. The van der Waals surface area contributed by atoms with Crippen molar-refractivity contribution in [3.63, 3.8) is 0 Å². The maximum absolute atomic E-state index is 10.7. The molecule has 0 spiro atoms. The smallest absolute Gasteiger partial charge is 0.273 e. The van der Waals surface area contributed by atoms with Gasteiger partial charge in [0.15, 0.2) is 11.5 Å². The maximum Gasteiger partial charge on any atom is 0.273 e. The molecule has 0 radical (unpaired) electrons. The molecule has 1 saturated heterocycles. The molecule has 0 unspecified atom stereocenters. The highest BCUT2D eigenvalue weighted by Gasteiger charge is 2.45. The van der Waals surface area contributed by atoms with E-state index < -0.39 is 42.2 Å². The minimum absolute atomic E-state index is 0.0242. The van der Waals surface area contributed by atoms with Crippen molar-refractivity contribution in [3.8, 4) is 11.5 Å². The lowest BCUT2D eigenvalue weighted by atomic mass is 9.99. The van der Waals surface area contributed by atoms with Crippen LogP contribution in [-0.2, 0) is 4.74 Å². The Bertz CT molecular complexity index is 564. The van der Waals surface area contributed by atoms with Crippen LogP contribution in [0.25, 0.3) is 0 Å². The van der Waals surface area contributed by atoms with Crippen molar-refractivity contribution >= 4 is 5.69 Å². The van der Waals surface area contributed by atoms with E-state index in [1.807, 2.05) is 0 Å². The Labute approximate surface area is 130 Å². The second-order valence-electron chi connectivity index (χ2n) is 4.91. The largest absolute Gasteiger partial charge is 0.493 e. The second kappa shape index (κ2) is 7.06. The molecule has 0 amide bonds. The third-order valence-corrected chi connectivity index (χ3v) is 3.45. The number of ether oxygens (including phenoxy) is 3. The third-order valence-electron chi connectivity index (χ3n) is 3.45. The van der Waals surface area contributed by atoms with E-state index in [2.05, 4.69) is 0 Å². The lowest BCUT2D eigenvalue weighted by Crippen LogP contribution is -2.60. The molecule has 10 heteroatoms. The SMILES string of the molecule is COc1cc([N+](=O)[O-])ccc1O[C@@H]1O[C@H](CO)[C@H](O)[C@H](O)[C@H]1O. The molecule has 1 aliphatic heterocycles. The number of methoxy groups -OCH3 is 1. The minimum atomic E-state index is -1.59. The van der Waals surface area contributed by atoms with Gasteiger partial charge in [-0.3, -0.25) is 10.1 Å². The molecule has 5 atom stereocenters. The Hall–Kier alpha value is -1.98. The van der Waals surface area contributed by atoms with Crippen LogP contribution in [0.15, 0.2) is 18.2 Å². The highest BCUT2D eigenvalue weighted by Crippen LogP contribution is 2.33. The average Bonchev–Trinajstić information content (AvgIpc) is 2.55. The molecule has 0 aliphatic carbocycles. The van der Waals surface area contributed by atoms with Gasteiger partial charge in [0, 0.05) is 6.07 Å². The number of nitrogens with zero attached hydrogens (tertiary/aromatic N) is 1. The van der Waals surface area contributed by atoms with Gasteiger partial charge in [0.2, 0.25) is 6.29 Å². The monoisotopic (exact) mass is 331 g/mol. The molecule has 2 rings (SSSR count). The van der Waals surface area contributed by atoms with E-state index >= 15 is 0 Å². The fraction of sp³-hybridized carbons (Fsp3) is 0.538. The fourth-order valence-electron chi connectivity index (χ4n) is 2.16. The number of non-ortho nitro benzene ring substituents is 1. The van der Waals surface area contributed by atoms with E-state index in [-0.39, 0.29) is 17.2 Å². The summed E-state index contributed by atoms with van der Waals surface area (Å²) >= 11 is 0. The van der Waals surface area contributed by atoms with Crippen LogP contribution in [0.1, 0.15) is 0 Å². The Morgan fingerprint density at radius 2 is 1.91 bits per heavy atom. The van der Waals surface area contributed by atoms with E-state index in [0.29, 0.717) is 0 Å². The van der Waals surface area contributed by atoms with Crippen LogP contribution in [0.3, 0.4) is 0 Å². The number of benzene rings is 1. The number of nitro benzene ring substituents is 1. The van der Waals surface area contributed by atoms with Gasteiger partial charge in [-0.1, -0.05) is 0 Å². The molecule has 128 valence electrons. The molecule has 10 nitrogen and oxygen atoms in total. The molecule has 1 fully saturated rings. The van der Waals surface area contributed by atoms with E-state index in [9.17, 15) is 25.4 Å². The summed E-state index contributed by atoms with van der Waals surface area (Å²) < 4.78 is 15.5. The molecule has 1 aromatic carbocycles. The minimum Gasteiger partial charge on any atom is -0.493 e. The summed E-state index contributed by atoms with van der Waals surface area (Å²) in [5, 5.41) is 49.1. The van der Waals surface area contributed by atoms with Gasteiger partial charge in [0.25, 0.3) is 5.69 Å². The summed E-state index contributed by atoms with van der Waals surface area (Å²) in [6, 6.07) is 3.54. The quantitative estimate of drug-likeness (QED) is 0.384. The van der Waals surface area contributed by atoms with E-state index in [4.69, 9.17) is 19.3 Å². The van der Waals surface area contributed by atoms with Gasteiger partial charge in [-0.25, -0.2) is 0 Å². The Morgan fingerprint density at radius 3 is 2.48 bits per heavy atom. The number of aliphatic hydroxyl groups excluding tert-OH is 4. The lowest BCUT2D eigenvalue weighted by Gasteiger charge is -2.39. The summed E-state index contributed by atoms with van der Waals surface area (Å²) in [6.07, 6.45) is -7.21.